The minimum atomic E-state index is 0.296. The topological polar surface area (TPSA) is 17.1 Å². The average Bonchev–Trinajstić information content (AvgIpc) is 2.05. The lowest BCUT2D eigenvalue weighted by Crippen LogP contribution is -2.01. The highest BCUT2D eigenvalue weighted by Gasteiger charge is 2.06. The zero-order valence-electron chi connectivity index (χ0n) is 6.26. The molecule has 0 radical (unpaired) electrons. The third-order valence-electron chi connectivity index (χ3n) is 1.69. The first-order valence-corrected chi connectivity index (χ1v) is 3.73. The molecule has 1 aliphatic carbocycles. The summed E-state index contributed by atoms with van der Waals surface area (Å²) < 4.78 is 0. The maximum atomic E-state index is 11.1. The van der Waals surface area contributed by atoms with Crippen LogP contribution in [0.2, 0.25) is 0 Å². The lowest BCUT2D eigenvalue weighted by molar-refractivity contribution is -0.115. The number of rotatable bonds is 2. The molecule has 0 aromatic rings. The molecule has 0 aromatic carbocycles. The average molecular weight is 136 g/mol. The fourth-order valence-electron chi connectivity index (χ4n) is 1.06. The van der Waals surface area contributed by atoms with Crippen molar-refractivity contribution in [1.82, 2.24) is 0 Å². The van der Waals surface area contributed by atoms with Crippen molar-refractivity contribution >= 4 is 5.78 Å². The van der Waals surface area contributed by atoms with E-state index in [0.29, 0.717) is 12.2 Å². The van der Waals surface area contributed by atoms with E-state index in [-0.39, 0.29) is 0 Å². The summed E-state index contributed by atoms with van der Waals surface area (Å²) in [5, 5.41) is 0. The highest BCUT2D eigenvalue weighted by molar-refractivity contribution is 5.95. The molecule has 0 N–H and O–H groups in total. The maximum Gasteiger partial charge on any atom is 0.158 e. The molecule has 0 heterocycles. The molecule has 0 atom stereocenters. The molecular weight excluding hydrogens is 124 g/mol. The van der Waals surface area contributed by atoms with Gasteiger partial charge < -0.3 is 0 Å². The Bertz CT molecular complexity index is 187. The van der Waals surface area contributed by atoms with Crippen LogP contribution in [0.25, 0.3) is 0 Å². The van der Waals surface area contributed by atoms with Gasteiger partial charge in [0.2, 0.25) is 0 Å². The number of carbonyl (C=O) groups excluding carboxylic acids is 1. The Morgan fingerprint density at radius 2 is 2.50 bits per heavy atom. The molecule has 1 heteroatoms. The molecule has 0 aromatic heterocycles. The Kier molecular flexibility index (Phi) is 2.43. The van der Waals surface area contributed by atoms with Gasteiger partial charge in [0.05, 0.1) is 0 Å². The molecule has 0 amide bonds. The molecule has 54 valence electrons. The molecule has 1 nitrogen and oxygen atoms in total. The van der Waals surface area contributed by atoms with Gasteiger partial charge in [0, 0.05) is 6.42 Å². The zero-order chi connectivity index (χ0) is 7.40. The first-order valence-electron chi connectivity index (χ1n) is 3.73. The fraction of sp³-hybridized carbons (Fsp3) is 0.444. The number of Topliss-reactive ketones (excluding diaryl/α,β-unsaturated/α-hetero) is 1. The normalized spacial score (nSPS) is 16.7. The van der Waals surface area contributed by atoms with Crippen LogP contribution in [0.4, 0.5) is 0 Å². The van der Waals surface area contributed by atoms with Crippen molar-refractivity contribution in [3.05, 3.63) is 23.8 Å². The molecule has 0 unspecified atom stereocenters. The summed E-state index contributed by atoms with van der Waals surface area (Å²) in [4.78, 5) is 11.1. The summed E-state index contributed by atoms with van der Waals surface area (Å²) >= 11 is 0. The van der Waals surface area contributed by atoms with Crippen LogP contribution in [0.15, 0.2) is 23.8 Å². The smallest absolute Gasteiger partial charge is 0.158 e. The standard InChI is InChI=1S/C9H12O/c1-2-9(10)8-6-4-3-5-7-8/h3-4,6H,2,5,7H2,1H3. The summed E-state index contributed by atoms with van der Waals surface area (Å²) in [5.74, 6) is 0.296. The second-order valence-corrected chi connectivity index (χ2v) is 2.44. The van der Waals surface area contributed by atoms with Crippen LogP contribution in [0.5, 0.6) is 0 Å². The van der Waals surface area contributed by atoms with E-state index in [1.165, 1.54) is 0 Å². The highest BCUT2D eigenvalue weighted by Crippen LogP contribution is 2.13. The van der Waals surface area contributed by atoms with Gasteiger partial charge in [0.25, 0.3) is 0 Å². The Balaban J connectivity index is 2.62. The van der Waals surface area contributed by atoms with Crippen LogP contribution in [-0.2, 0) is 4.79 Å². The molecule has 10 heavy (non-hydrogen) atoms. The van der Waals surface area contributed by atoms with E-state index < -0.39 is 0 Å². The third kappa shape index (κ3) is 1.56. The predicted octanol–water partition coefficient (Wildman–Crippen LogP) is 2.24. The molecule has 1 aliphatic rings. The number of hydrogen-bond acceptors (Lipinski definition) is 1. The van der Waals surface area contributed by atoms with E-state index >= 15 is 0 Å². The van der Waals surface area contributed by atoms with E-state index in [2.05, 4.69) is 6.08 Å². The van der Waals surface area contributed by atoms with Crippen molar-refractivity contribution in [1.29, 1.82) is 0 Å². The van der Waals surface area contributed by atoms with E-state index in [9.17, 15) is 4.79 Å². The van der Waals surface area contributed by atoms with E-state index in [4.69, 9.17) is 0 Å². The van der Waals surface area contributed by atoms with Gasteiger partial charge in [-0.1, -0.05) is 25.2 Å². The monoisotopic (exact) mass is 136 g/mol. The van der Waals surface area contributed by atoms with Crippen LogP contribution in [0.1, 0.15) is 26.2 Å². The Morgan fingerprint density at radius 3 is 3.00 bits per heavy atom. The molecule has 0 saturated carbocycles. The van der Waals surface area contributed by atoms with E-state index in [1.54, 1.807) is 0 Å². The van der Waals surface area contributed by atoms with Gasteiger partial charge in [-0.25, -0.2) is 0 Å². The maximum absolute atomic E-state index is 11.1. The highest BCUT2D eigenvalue weighted by atomic mass is 16.1. The molecule has 0 fully saturated rings. The van der Waals surface area contributed by atoms with Crippen LogP contribution in [0.3, 0.4) is 0 Å². The first kappa shape index (κ1) is 7.26. The number of allylic oxidation sites excluding steroid dienone is 4. The molecule has 0 aliphatic heterocycles. The van der Waals surface area contributed by atoms with Crippen molar-refractivity contribution in [2.75, 3.05) is 0 Å². The Morgan fingerprint density at radius 1 is 1.70 bits per heavy atom. The van der Waals surface area contributed by atoms with Crippen molar-refractivity contribution in [2.24, 2.45) is 0 Å². The quantitative estimate of drug-likeness (QED) is 0.569. The molecule has 0 bridgehead atoms. The predicted molar refractivity (Wildman–Crippen MR) is 41.8 cm³/mol. The van der Waals surface area contributed by atoms with Gasteiger partial charge in [-0.15, -0.1) is 0 Å². The fourth-order valence-corrected chi connectivity index (χ4v) is 1.06. The molecule has 1 rings (SSSR count). The second-order valence-electron chi connectivity index (χ2n) is 2.44. The van der Waals surface area contributed by atoms with Crippen molar-refractivity contribution in [3.63, 3.8) is 0 Å². The molecule has 0 spiro atoms. The van der Waals surface area contributed by atoms with Gasteiger partial charge in [0.1, 0.15) is 0 Å². The number of carbonyl (C=O) groups is 1. The SMILES string of the molecule is CCC(=O)C1=CC=CCC1. The van der Waals surface area contributed by atoms with E-state index in [0.717, 1.165) is 18.4 Å². The van der Waals surface area contributed by atoms with Crippen LogP contribution >= 0.6 is 0 Å². The van der Waals surface area contributed by atoms with Crippen LogP contribution < -0.4 is 0 Å². The summed E-state index contributed by atoms with van der Waals surface area (Å²) in [6, 6.07) is 0. The van der Waals surface area contributed by atoms with E-state index in [1.807, 2.05) is 19.1 Å². The van der Waals surface area contributed by atoms with Crippen LogP contribution in [-0.4, -0.2) is 5.78 Å². The van der Waals surface area contributed by atoms with Gasteiger partial charge >= 0.3 is 0 Å². The van der Waals surface area contributed by atoms with Crippen molar-refractivity contribution in [2.45, 2.75) is 26.2 Å². The Labute approximate surface area is 61.4 Å². The van der Waals surface area contributed by atoms with Gasteiger partial charge in [0.15, 0.2) is 5.78 Å². The summed E-state index contributed by atoms with van der Waals surface area (Å²) in [6.07, 6.45) is 8.58. The van der Waals surface area contributed by atoms with Gasteiger partial charge in [-0.2, -0.15) is 0 Å². The summed E-state index contributed by atoms with van der Waals surface area (Å²) in [7, 11) is 0. The molecular formula is C9H12O. The summed E-state index contributed by atoms with van der Waals surface area (Å²) in [6.45, 7) is 1.90. The minimum Gasteiger partial charge on any atom is -0.295 e. The first-order chi connectivity index (χ1) is 4.84. The lowest BCUT2D eigenvalue weighted by Gasteiger charge is -2.04. The number of hydrogen-bond donors (Lipinski definition) is 0. The van der Waals surface area contributed by atoms with Crippen molar-refractivity contribution < 1.29 is 4.79 Å². The summed E-state index contributed by atoms with van der Waals surface area (Å²) in [5.41, 5.74) is 0.991. The van der Waals surface area contributed by atoms with Crippen LogP contribution in [0, 0.1) is 0 Å². The zero-order valence-corrected chi connectivity index (χ0v) is 6.26. The molecule has 0 saturated heterocycles. The van der Waals surface area contributed by atoms with Gasteiger partial charge in [-0.3, -0.25) is 4.79 Å². The minimum absolute atomic E-state index is 0.296. The Hall–Kier alpha value is -0.850. The van der Waals surface area contributed by atoms with Gasteiger partial charge in [-0.05, 0) is 18.4 Å². The number of ketones is 1. The third-order valence-corrected chi connectivity index (χ3v) is 1.69. The second kappa shape index (κ2) is 3.35. The lowest BCUT2D eigenvalue weighted by atomic mass is 10.00. The largest absolute Gasteiger partial charge is 0.295 e. The van der Waals surface area contributed by atoms with Crippen molar-refractivity contribution in [3.8, 4) is 0 Å².